The van der Waals surface area contributed by atoms with Crippen LogP contribution in [0, 0.1) is 11.8 Å². The maximum atomic E-state index is 5.63. The minimum atomic E-state index is 0.315. The van der Waals surface area contributed by atoms with Crippen molar-refractivity contribution in [2.24, 2.45) is 0 Å². The highest BCUT2D eigenvalue weighted by Gasteiger charge is 1.98. The van der Waals surface area contributed by atoms with Gasteiger partial charge in [-0.15, -0.1) is 0 Å². The lowest BCUT2D eigenvalue weighted by atomic mass is 10.3. The van der Waals surface area contributed by atoms with Gasteiger partial charge in [0.1, 0.15) is 5.15 Å². The molecule has 1 rings (SSSR count). The van der Waals surface area contributed by atoms with Crippen LogP contribution in [0.4, 0.5) is 5.82 Å². The fourth-order valence-corrected chi connectivity index (χ4v) is 0.873. The Morgan fingerprint density at radius 1 is 1.62 bits per heavy atom. The van der Waals surface area contributed by atoms with Gasteiger partial charge in [-0.3, -0.25) is 0 Å². The zero-order valence-electron chi connectivity index (χ0n) is 7.34. The van der Waals surface area contributed by atoms with Crippen LogP contribution in [0.1, 0.15) is 25.5 Å². The molecule has 0 atom stereocenters. The smallest absolute Gasteiger partial charge is 0.158 e. The summed E-state index contributed by atoms with van der Waals surface area (Å²) in [6.45, 7) is 2.06. The minimum absolute atomic E-state index is 0.315. The molecule has 4 heteroatoms. The Hall–Kier alpha value is -1.27. The Labute approximate surface area is 82.3 Å². The Morgan fingerprint density at radius 2 is 2.38 bits per heavy atom. The number of rotatable bonds is 1. The lowest BCUT2D eigenvalue weighted by Crippen LogP contribution is -1.97. The Bertz CT molecular complexity index is 352. The average Bonchev–Trinajstić information content (AvgIpc) is 2.11. The molecule has 0 fully saturated rings. The SMILES string of the molecule is CCCC#Cc1nc(Cl)cnc1N. The first kappa shape index (κ1) is 9.82. The Kier molecular flexibility index (Phi) is 3.53. The second-order valence-electron chi connectivity index (χ2n) is 2.48. The van der Waals surface area contributed by atoms with Crippen LogP contribution in [0.15, 0.2) is 6.20 Å². The van der Waals surface area contributed by atoms with E-state index < -0.39 is 0 Å². The number of hydrogen-bond acceptors (Lipinski definition) is 3. The van der Waals surface area contributed by atoms with E-state index in [9.17, 15) is 0 Å². The third-order valence-electron chi connectivity index (χ3n) is 1.35. The maximum absolute atomic E-state index is 5.63. The van der Waals surface area contributed by atoms with Gasteiger partial charge in [-0.1, -0.05) is 24.4 Å². The largest absolute Gasteiger partial charge is 0.381 e. The number of halogens is 1. The molecule has 0 saturated carbocycles. The van der Waals surface area contributed by atoms with Gasteiger partial charge in [-0.2, -0.15) is 0 Å². The number of aromatic nitrogens is 2. The first-order valence-electron chi connectivity index (χ1n) is 4.01. The third kappa shape index (κ3) is 2.92. The number of nitrogen functional groups attached to an aromatic ring is 1. The Balaban J connectivity index is 2.89. The second kappa shape index (κ2) is 4.68. The molecule has 1 aromatic rings. The van der Waals surface area contributed by atoms with Crippen LogP contribution in [0.5, 0.6) is 0 Å². The molecule has 0 radical (unpaired) electrons. The topological polar surface area (TPSA) is 51.8 Å². The lowest BCUT2D eigenvalue weighted by Gasteiger charge is -1.95. The highest BCUT2D eigenvalue weighted by Crippen LogP contribution is 2.08. The van der Waals surface area contributed by atoms with Crippen molar-refractivity contribution in [3.8, 4) is 11.8 Å². The van der Waals surface area contributed by atoms with Crippen LogP contribution in [0.25, 0.3) is 0 Å². The lowest BCUT2D eigenvalue weighted by molar-refractivity contribution is 0.982. The molecule has 0 unspecified atom stereocenters. The molecule has 0 saturated heterocycles. The van der Waals surface area contributed by atoms with Crippen molar-refractivity contribution in [2.45, 2.75) is 19.8 Å². The summed E-state index contributed by atoms with van der Waals surface area (Å²) in [5, 5.41) is 0.315. The summed E-state index contributed by atoms with van der Waals surface area (Å²) >= 11 is 5.63. The Morgan fingerprint density at radius 3 is 3.08 bits per heavy atom. The van der Waals surface area contributed by atoms with Gasteiger partial charge in [0.25, 0.3) is 0 Å². The predicted molar refractivity (Wildman–Crippen MR) is 53.2 cm³/mol. The number of unbranched alkanes of at least 4 members (excludes halogenated alkanes) is 1. The van der Waals surface area contributed by atoms with E-state index in [0.717, 1.165) is 12.8 Å². The monoisotopic (exact) mass is 195 g/mol. The van der Waals surface area contributed by atoms with Gasteiger partial charge in [0, 0.05) is 6.42 Å². The molecule has 1 heterocycles. The molecule has 3 nitrogen and oxygen atoms in total. The van der Waals surface area contributed by atoms with Crippen molar-refractivity contribution in [1.29, 1.82) is 0 Å². The molecule has 0 bridgehead atoms. The summed E-state index contributed by atoms with van der Waals surface area (Å²) in [4.78, 5) is 7.79. The van der Waals surface area contributed by atoms with Gasteiger partial charge in [0.05, 0.1) is 6.20 Å². The molecule has 0 aliphatic rings. The van der Waals surface area contributed by atoms with E-state index in [1.807, 2.05) is 0 Å². The molecule has 0 spiro atoms. The zero-order valence-corrected chi connectivity index (χ0v) is 8.10. The van der Waals surface area contributed by atoms with Gasteiger partial charge >= 0.3 is 0 Å². The normalized spacial score (nSPS) is 9.08. The highest BCUT2D eigenvalue weighted by molar-refractivity contribution is 6.29. The summed E-state index contributed by atoms with van der Waals surface area (Å²) < 4.78 is 0. The molecular formula is C9H10ClN3. The number of nitrogens with zero attached hydrogens (tertiary/aromatic N) is 2. The van der Waals surface area contributed by atoms with Crippen LogP contribution in [-0.4, -0.2) is 9.97 Å². The van der Waals surface area contributed by atoms with Crippen LogP contribution in [-0.2, 0) is 0 Å². The molecule has 0 aliphatic carbocycles. The fourth-order valence-electron chi connectivity index (χ4n) is 0.740. The van der Waals surface area contributed by atoms with Crippen molar-refractivity contribution in [1.82, 2.24) is 9.97 Å². The van der Waals surface area contributed by atoms with Gasteiger partial charge in [0.2, 0.25) is 0 Å². The maximum Gasteiger partial charge on any atom is 0.158 e. The van der Waals surface area contributed by atoms with Crippen LogP contribution < -0.4 is 5.73 Å². The molecule has 68 valence electrons. The summed E-state index contributed by atoms with van der Waals surface area (Å²) in [5.74, 6) is 6.08. The zero-order chi connectivity index (χ0) is 9.68. The van der Waals surface area contributed by atoms with Crippen LogP contribution in [0.3, 0.4) is 0 Å². The van der Waals surface area contributed by atoms with E-state index in [1.54, 1.807) is 0 Å². The van der Waals surface area contributed by atoms with Gasteiger partial charge in [0.15, 0.2) is 11.5 Å². The van der Waals surface area contributed by atoms with Crippen molar-refractivity contribution in [2.75, 3.05) is 5.73 Å². The first-order chi connectivity index (χ1) is 6.24. The van der Waals surface area contributed by atoms with E-state index >= 15 is 0 Å². The fraction of sp³-hybridized carbons (Fsp3) is 0.333. The molecule has 2 N–H and O–H groups in total. The van der Waals surface area contributed by atoms with E-state index in [4.69, 9.17) is 17.3 Å². The quantitative estimate of drug-likeness (QED) is 0.696. The van der Waals surface area contributed by atoms with Gasteiger partial charge in [-0.05, 0) is 12.3 Å². The van der Waals surface area contributed by atoms with E-state index in [0.29, 0.717) is 16.7 Å². The molecule has 0 amide bonds. The molecule has 0 aromatic carbocycles. The summed E-state index contributed by atoms with van der Waals surface area (Å²) in [6.07, 6.45) is 3.25. The van der Waals surface area contributed by atoms with Gasteiger partial charge in [-0.25, -0.2) is 9.97 Å². The molecule has 13 heavy (non-hydrogen) atoms. The average molecular weight is 196 g/mol. The van der Waals surface area contributed by atoms with Crippen molar-refractivity contribution in [3.05, 3.63) is 17.0 Å². The predicted octanol–water partition coefficient (Wildman–Crippen LogP) is 1.86. The first-order valence-corrected chi connectivity index (χ1v) is 4.38. The summed E-state index contributed by atoms with van der Waals surface area (Å²) in [7, 11) is 0. The standard InChI is InChI=1S/C9H10ClN3/c1-2-3-4-5-7-9(11)12-6-8(10)13-7/h6H,2-3H2,1H3,(H2,11,12). The van der Waals surface area contributed by atoms with Crippen LogP contribution in [0.2, 0.25) is 5.15 Å². The van der Waals surface area contributed by atoms with Gasteiger partial charge < -0.3 is 5.73 Å². The highest BCUT2D eigenvalue weighted by atomic mass is 35.5. The number of hydrogen-bond donors (Lipinski definition) is 1. The van der Waals surface area contributed by atoms with E-state index in [1.165, 1.54) is 6.20 Å². The number of anilines is 1. The van der Waals surface area contributed by atoms with E-state index in [-0.39, 0.29) is 0 Å². The van der Waals surface area contributed by atoms with Crippen molar-refractivity contribution in [3.63, 3.8) is 0 Å². The van der Waals surface area contributed by atoms with Crippen LogP contribution >= 0.6 is 11.6 Å². The number of nitrogens with two attached hydrogens (primary N) is 1. The van der Waals surface area contributed by atoms with Crippen molar-refractivity contribution >= 4 is 17.4 Å². The van der Waals surface area contributed by atoms with E-state index in [2.05, 4.69) is 28.7 Å². The summed E-state index contributed by atoms with van der Waals surface area (Å²) in [6, 6.07) is 0. The molecule has 0 aliphatic heterocycles. The minimum Gasteiger partial charge on any atom is -0.381 e. The second-order valence-corrected chi connectivity index (χ2v) is 2.87. The summed E-state index contributed by atoms with van der Waals surface area (Å²) in [5.41, 5.74) is 6.00. The molecule has 1 aromatic heterocycles. The third-order valence-corrected chi connectivity index (χ3v) is 1.54. The molecular weight excluding hydrogens is 186 g/mol. The van der Waals surface area contributed by atoms with Crippen molar-refractivity contribution < 1.29 is 0 Å².